The van der Waals surface area contributed by atoms with Gasteiger partial charge in [0.15, 0.2) is 0 Å². The molecular weight excluding hydrogens is 325 g/mol. The molecule has 0 saturated heterocycles. The normalized spacial score (nSPS) is 10.8. The van der Waals surface area contributed by atoms with Crippen LogP contribution in [0.15, 0.2) is 17.5 Å². The molecule has 4 nitrogen and oxygen atoms in total. The van der Waals surface area contributed by atoms with E-state index in [1.165, 1.54) is 3.57 Å². The molecule has 80 valence electrons. The van der Waals surface area contributed by atoms with E-state index >= 15 is 0 Å². The molecule has 3 N–H and O–H groups in total. The van der Waals surface area contributed by atoms with Gasteiger partial charge >= 0.3 is 0 Å². The van der Waals surface area contributed by atoms with Crippen LogP contribution in [0.2, 0.25) is 0 Å². The molecule has 0 aliphatic carbocycles. The van der Waals surface area contributed by atoms with E-state index in [2.05, 4.69) is 27.7 Å². The molecule has 0 unspecified atom stereocenters. The first-order chi connectivity index (χ1) is 7.22. The first-order valence-electron chi connectivity index (χ1n) is 4.40. The number of thiophene rings is 1. The number of anilines is 1. The highest BCUT2D eigenvalue weighted by atomic mass is 127. The predicted molar refractivity (Wildman–Crippen MR) is 69.8 cm³/mol. The first kappa shape index (κ1) is 10.9. The number of halogens is 1. The highest BCUT2D eigenvalue weighted by molar-refractivity contribution is 14.1. The first-order valence-corrected chi connectivity index (χ1v) is 6.35. The average molecular weight is 335 g/mol. The molecule has 2 heterocycles. The molecule has 0 aliphatic heterocycles. The molecule has 0 bridgehead atoms. The zero-order chi connectivity index (χ0) is 10.8. The topological polar surface area (TPSA) is 64.1 Å². The average Bonchev–Trinajstić information content (AvgIpc) is 2.75. The van der Waals surface area contributed by atoms with Crippen LogP contribution in [0.3, 0.4) is 0 Å². The molecule has 0 aliphatic rings. The van der Waals surface area contributed by atoms with Gasteiger partial charge in [0, 0.05) is 9.64 Å². The Morgan fingerprint density at radius 1 is 1.60 bits per heavy atom. The van der Waals surface area contributed by atoms with Gasteiger partial charge < -0.3 is 10.8 Å². The zero-order valence-corrected chi connectivity index (χ0v) is 10.8. The Bertz CT molecular complexity index is 466. The smallest absolute Gasteiger partial charge is 0.122 e. The number of hydrogen-bond donors (Lipinski definition) is 2. The van der Waals surface area contributed by atoms with E-state index in [4.69, 9.17) is 10.8 Å². The van der Waals surface area contributed by atoms with E-state index in [1.54, 1.807) is 16.0 Å². The largest absolute Gasteiger partial charge is 0.394 e. The van der Waals surface area contributed by atoms with E-state index in [0.29, 0.717) is 12.4 Å². The summed E-state index contributed by atoms with van der Waals surface area (Å²) in [5, 5.41) is 15.2. The van der Waals surface area contributed by atoms with Crippen LogP contribution < -0.4 is 5.73 Å². The van der Waals surface area contributed by atoms with Crippen LogP contribution in [0, 0.1) is 3.57 Å². The van der Waals surface area contributed by atoms with Gasteiger partial charge in [-0.2, -0.15) is 5.10 Å². The minimum Gasteiger partial charge on any atom is -0.394 e. The number of hydrogen-bond acceptors (Lipinski definition) is 4. The lowest BCUT2D eigenvalue weighted by atomic mass is 10.3. The molecular formula is C9H10IN3OS. The molecule has 0 spiro atoms. The summed E-state index contributed by atoms with van der Waals surface area (Å²) >= 11 is 3.91. The van der Waals surface area contributed by atoms with Gasteiger partial charge in [0.2, 0.25) is 0 Å². The van der Waals surface area contributed by atoms with Crippen LogP contribution >= 0.6 is 33.9 Å². The molecule has 15 heavy (non-hydrogen) atoms. The summed E-state index contributed by atoms with van der Waals surface area (Å²) in [4.78, 5) is 1.12. The Morgan fingerprint density at radius 2 is 2.40 bits per heavy atom. The fourth-order valence-electron chi connectivity index (χ4n) is 1.29. The van der Waals surface area contributed by atoms with E-state index < -0.39 is 0 Å². The number of rotatable bonds is 3. The van der Waals surface area contributed by atoms with E-state index in [9.17, 15) is 0 Å². The third kappa shape index (κ3) is 2.16. The molecule has 6 heteroatoms. The molecule has 0 fully saturated rings. The van der Waals surface area contributed by atoms with Gasteiger partial charge in [-0.3, -0.25) is 0 Å². The van der Waals surface area contributed by atoms with Gasteiger partial charge in [-0.1, -0.05) is 0 Å². The van der Waals surface area contributed by atoms with Crippen molar-refractivity contribution in [1.29, 1.82) is 0 Å². The number of aromatic nitrogens is 2. The van der Waals surface area contributed by atoms with Gasteiger partial charge in [0.1, 0.15) is 11.5 Å². The molecule has 0 atom stereocenters. The number of nitrogen functional groups attached to an aromatic ring is 1. The van der Waals surface area contributed by atoms with E-state index in [1.807, 2.05) is 17.5 Å². The standard InChI is InChI=1S/C9H10IN3OS/c10-6-1-4-15-9(6)7-5-8(11)13(12-7)2-3-14/h1,4-5,14H,2-3,11H2. The maximum atomic E-state index is 8.82. The van der Waals surface area contributed by atoms with Crippen molar-refractivity contribution in [3.05, 3.63) is 21.1 Å². The Balaban J connectivity index is 2.38. The number of nitrogens with two attached hydrogens (primary N) is 1. The van der Waals surface area contributed by atoms with Crippen LogP contribution in [0.1, 0.15) is 0 Å². The minimum absolute atomic E-state index is 0.0485. The molecule has 0 amide bonds. The minimum atomic E-state index is 0.0485. The third-order valence-electron chi connectivity index (χ3n) is 1.97. The number of nitrogens with zero attached hydrogens (tertiary/aromatic N) is 2. The second-order valence-corrected chi connectivity index (χ2v) is 5.08. The molecule has 0 radical (unpaired) electrons. The number of aliphatic hydroxyl groups excluding tert-OH is 1. The number of aliphatic hydroxyl groups is 1. The third-order valence-corrected chi connectivity index (χ3v) is 4.17. The fourth-order valence-corrected chi connectivity index (χ4v) is 3.12. The summed E-state index contributed by atoms with van der Waals surface area (Å²) < 4.78 is 2.79. The summed E-state index contributed by atoms with van der Waals surface area (Å²) in [6.07, 6.45) is 0. The lowest BCUT2D eigenvalue weighted by Crippen LogP contribution is -2.07. The summed E-state index contributed by atoms with van der Waals surface area (Å²) in [5.41, 5.74) is 6.65. The van der Waals surface area contributed by atoms with Gasteiger partial charge in [0.25, 0.3) is 0 Å². The van der Waals surface area contributed by atoms with Crippen molar-refractivity contribution >= 4 is 39.7 Å². The van der Waals surface area contributed by atoms with Crippen LogP contribution in [-0.2, 0) is 6.54 Å². The van der Waals surface area contributed by atoms with Gasteiger partial charge in [-0.15, -0.1) is 11.3 Å². The second kappa shape index (κ2) is 4.50. The Hall–Kier alpha value is -0.600. The van der Waals surface area contributed by atoms with Crippen LogP contribution in [0.25, 0.3) is 10.6 Å². The monoisotopic (exact) mass is 335 g/mol. The summed E-state index contributed by atoms with van der Waals surface area (Å²) in [5.74, 6) is 0.586. The van der Waals surface area contributed by atoms with Crippen molar-refractivity contribution in [3.8, 4) is 10.6 Å². The predicted octanol–water partition coefficient (Wildman–Crippen LogP) is 1.79. The van der Waals surface area contributed by atoms with Gasteiger partial charge in [0.05, 0.1) is 18.0 Å². The van der Waals surface area contributed by atoms with Crippen molar-refractivity contribution in [1.82, 2.24) is 9.78 Å². The van der Waals surface area contributed by atoms with Crippen molar-refractivity contribution < 1.29 is 5.11 Å². The molecule has 0 aromatic carbocycles. The Morgan fingerprint density at radius 3 is 3.00 bits per heavy atom. The lowest BCUT2D eigenvalue weighted by Gasteiger charge is -1.98. The van der Waals surface area contributed by atoms with Gasteiger partial charge in [-0.25, -0.2) is 4.68 Å². The maximum Gasteiger partial charge on any atom is 0.122 e. The lowest BCUT2D eigenvalue weighted by molar-refractivity contribution is 0.270. The highest BCUT2D eigenvalue weighted by Gasteiger charge is 2.10. The van der Waals surface area contributed by atoms with Crippen molar-refractivity contribution in [2.24, 2.45) is 0 Å². The van der Waals surface area contributed by atoms with Gasteiger partial charge in [-0.05, 0) is 34.0 Å². The summed E-state index contributed by atoms with van der Waals surface area (Å²) in [7, 11) is 0. The SMILES string of the molecule is Nc1cc(-c2sccc2I)nn1CCO. The highest BCUT2D eigenvalue weighted by Crippen LogP contribution is 2.30. The molecule has 2 aromatic rings. The Kier molecular flexibility index (Phi) is 3.27. The van der Waals surface area contributed by atoms with Crippen LogP contribution in [0.4, 0.5) is 5.82 Å². The van der Waals surface area contributed by atoms with Crippen LogP contribution in [0.5, 0.6) is 0 Å². The van der Waals surface area contributed by atoms with Crippen LogP contribution in [-0.4, -0.2) is 21.5 Å². The second-order valence-electron chi connectivity index (χ2n) is 3.00. The van der Waals surface area contributed by atoms with Crippen molar-refractivity contribution in [2.75, 3.05) is 12.3 Å². The zero-order valence-electron chi connectivity index (χ0n) is 7.85. The molecule has 2 rings (SSSR count). The summed E-state index contributed by atoms with van der Waals surface area (Å²) in [6, 6.07) is 3.88. The molecule has 0 saturated carbocycles. The van der Waals surface area contributed by atoms with E-state index in [-0.39, 0.29) is 6.61 Å². The maximum absolute atomic E-state index is 8.82. The van der Waals surface area contributed by atoms with E-state index in [0.717, 1.165) is 10.6 Å². The molecule has 2 aromatic heterocycles. The quantitative estimate of drug-likeness (QED) is 0.841. The fraction of sp³-hybridized carbons (Fsp3) is 0.222. The van der Waals surface area contributed by atoms with Crippen molar-refractivity contribution in [2.45, 2.75) is 6.54 Å². The summed E-state index contributed by atoms with van der Waals surface area (Å²) in [6.45, 7) is 0.487. The Labute approximate surface area is 105 Å². The van der Waals surface area contributed by atoms with Crippen molar-refractivity contribution in [3.63, 3.8) is 0 Å².